The number of carbonyl (C=O) groups is 1. The highest BCUT2D eigenvalue weighted by Crippen LogP contribution is 2.29. The van der Waals surface area contributed by atoms with Gasteiger partial charge in [0.05, 0.1) is 5.69 Å². The van der Waals surface area contributed by atoms with E-state index in [1.54, 1.807) is 12.3 Å². The third-order valence-corrected chi connectivity index (χ3v) is 6.70. The lowest BCUT2D eigenvalue weighted by atomic mass is 9.91. The van der Waals surface area contributed by atoms with Crippen LogP contribution in [-0.2, 0) is 0 Å². The van der Waals surface area contributed by atoms with Crippen LogP contribution in [0.25, 0.3) is 22.3 Å². The zero-order chi connectivity index (χ0) is 21.9. The number of carbonyl (C=O) groups excluding carboxylic acids is 1. The number of nitrogens with one attached hydrogen (secondary N) is 4. The average molecular weight is 454 g/mol. The van der Waals surface area contributed by atoms with Crippen molar-refractivity contribution in [3.8, 4) is 11.3 Å². The molecule has 2 amide bonds. The molecule has 168 valence electrons. The van der Waals surface area contributed by atoms with Crippen LogP contribution in [0.1, 0.15) is 51.4 Å². The molecule has 0 spiro atoms. The van der Waals surface area contributed by atoms with Crippen molar-refractivity contribution in [1.29, 1.82) is 0 Å². The molecule has 3 heterocycles. The van der Waals surface area contributed by atoms with Gasteiger partial charge in [0.1, 0.15) is 10.8 Å². The van der Waals surface area contributed by atoms with Crippen LogP contribution in [0.15, 0.2) is 30.6 Å². The summed E-state index contributed by atoms with van der Waals surface area (Å²) in [7, 11) is 0. The quantitative estimate of drug-likeness (QED) is 0.421. The van der Waals surface area contributed by atoms with Crippen molar-refractivity contribution in [2.45, 2.75) is 69.5 Å². The van der Waals surface area contributed by atoms with E-state index in [-0.39, 0.29) is 18.1 Å². The van der Waals surface area contributed by atoms with Gasteiger partial charge in [-0.3, -0.25) is 0 Å². The van der Waals surface area contributed by atoms with Crippen molar-refractivity contribution in [2.75, 3.05) is 5.32 Å². The summed E-state index contributed by atoms with van der Waals surface area (Å²) in [6, 6.07) is 6.47. The Labute approximate surface area is 192 Å². The lowest BCUT2D eigenvalue weighted by molar-refractivity contribution is 0.228. The Morgan fingerprint density at radius 3 is 2.50 bits per heavy atom. The number of urea groups is 1. The number of fused-ring (bicyclic) bond motifs is 1. The first-order chi connectivity index (χ1) is 15.6. The molecule has 4 N–H and O–H groups in total. The minimum absolute atomic E-state index is 0.0238. The molecule has 0 aromatic carbocycles. The number of aromatic nitrogens is 4. The van der Waals surface area contributed by atoms with Crippen LogP contribution in [0, 0.1) is 0 Å². The Kier molecular flexibility index (Phi) is 6.12. The van der Waals surface area contributed by atoms with E-state index in [1.807, 2.05) is 18.3 Å². The lowest BCUT2D eigenvalue weighted by Crippen LogP contribution is -2.47. The third-order valence-electron chi connectivity index (χ3n) is 6.51. The highest BCUT2D eigenvalue weighted by molar-refractivity contribution is 6.29. The fourth-order valence-corrected chi connectivity index (χ4v) is 5.02. The highest BCUT2D eigenvalue weighted by Gasteiger charge is 2.24. The number of pyridine rings is 1. The van der Waals surface area contributed by atoms with E-state index in [0.717, 1.165) is 60.8 Å². The summed E-state index contributed by atoms with van der Waals surface area (Å²) in [4.78, 5) is 28.8. The summed E-state index contributed by atoms with van der Waals surface area (Å²) in [5.74, 6) is 0.529. The van der Waals surface area contributed by atoms with E-state index in [1.165, 1.54) is 12.8 Å². The molecule has 3 aromatic rings. The number of anilines is 1. The van der Waals surface area contributed by atoms with Gasteiger partial charge >= 0.3 is 6.03 Å². The fourth-order valence-electron chi connectivity index (χ4n) is 4.84. The molecule has 0 bridgehead atoms. The Morgan fingerprint density at radius 1 is 1.00 bits per heavy atom. The summed E-state index contributed by atoms with van der Waals surface area (Å²) in [5.41, 5.74) is 2.52. The first-order valence-electron chi connectivity index (χ1n) is 11.4. The third kappa shape index (κ3) is 4.80. The van der Waals surface area contributed by atoms with Gasteiger partial charge in [0, 0.05) is 47.5 Å². The van der Waals surface area contributed by atoms with E-state index in [4.69, 9.17) is 16.6 Å². The Hall–Kier alpha value is -2.87. The number of hydrogen-bond acceptors (Lipinski definition) is 5. The van der Waals surface area contributed by atoms with Crippen molar-refractivity contribution in [3.63, 3.8) is 0 Å². The Morgan fingerprint density at radius 2 is 1.72 bits per heavy atom. The normalized spacial score (nSPS) is 21.5. The average Bonchev–Trinajstić information content (AvgIpc) is 3.44. The molecule has 2 fully saturated rings. The summed E-state index contributed by atoms with van der Waals surface area (Å²) >= 11 is 6.31. The molecule has 0 radical (unpaired) electrons. The number of amides is 2. The van der Waals surface area contributed by atoms with E-state index in [0.29, 0.717) is 17.1 Å². The molecular formula is C23H28ClN7O. The summed E-state index contributed by atoms with van der Waals surface area (Å²) in [6.07, 6.45) is 12.0. The molecule has 0 unspecified atom stereocenters. The molecule has 0 saturated heterocycles. The topological polar surface area (TPSA) is 108 Å². The predicted molar refractivity (Wildman–Crippen MR) is 126 cm³/mol. The van der Waals surface area contributed by atoms with Crippen LogP contribution in [0.5, 0.6) is 0 Å². The molecule has 5 rings (SSSR count). The van der Waals surface area contributed by atoms with Crippen LogP contribution in [0.4, 0.5) is 10.7 Å². The van der Waals surface area contributed by atoms with Crippen LogP contribution >= 0.6 is 11.6 Å². The molecule has 8 nitrogen and oxygen atoms in total. The van der Waals surface area contributed by atoms with Gasteiger partial charge in [-0.1, -0.05) is 24.4 Å². The second-order valence-electron chi connectivity index (χ2n) is 8.79. The van der Waals surface area contributed by atoms with Gasteiger partial charge in [-0.05, 0) is 50.7 Å². The zero-order valence-corrected chi connectivity index (χ0v) is 18.7. The number of hydrogen-bond donors (Lipinski definition) is 4. The summed E-state index contributed by atoms with van der Waals surface area (Å²) in [6.45, 7) is 0. The van der Waals surface area contributed by atoms with Crippen molar-refractivity contribution in [1.82, 2.24) is 30.6 Å². The van der Waals surface area contributed by atoms with Crippen LogP contribution < -0.4 is 16.0 Å². The van der Waals surface area contributed by atoms with E-state index in [9.17, 15) is 4.79 Å². The van der Waals surface area contributed by atoms with Crippen molar-refractivity contribution in [2.24, 2.45) is 0 Å². The monoisotopic (exact) mass is 453 g/mol. The largest absolute Gasteiger partial charge is 0.351 e. The molecule has 2 aliphatic rings. The zero-order valence-electron chi connectivity index (χ0n) is 17.9. The number of halogens is 1. The predicted octanol–water partition coefficient (Wildman–Crippen LogP) is 4.64. The van der Waals surface area contributed by atoms with Crippen molar-refractivity contribution in [3.05, 3.63) is 35.7 Å². The lowest BCUT2D eigenvalue weighted by Gasteiger charge is -2.30. The maximum absolute atomic E-state index is 12.2. The first-order valence-corrected chi connectivity index (χ1v) is 11.8. The summed E-state index contributed by atoms with van der Waals surface area (Å²) < 4.78 is 0. The molecule has 0 atom stereocenters. The van der Waals surface area contributed by atoms with E-state index < -0.39 is 0 Å². The fraction of sp³-hybridized carbons (Fsp3) is 0.478. The molecule has 32 heavy (non-hydrogen) atoms. The smallest absolute Gasteiger partial charge is 0.315 e. The maximum atomic E-state index is 12.2. The molecule has 3 aromatic heterocycles. The number of aromatic amines is 1. The molecule has 9 heteroatoms. The second kappa shape index (κ2) is 9.32. The summed E-state index contributed by atoms with van der Waals surface area (Å²) in [5, 5.41) is 11.1. The van der Waals surface area contributed by atoms with Gasteiger partial charge < -0.3 is 20.9 Å². The molecule has 2 aliphatic carbocycles. The van der Waals surface area contributed by atoms with Crippen LogP contribution in [-0.4, -0.2) is 44.1 Å². The molecule has 2 saturated carbocycles. The van der Waals surface area contributed by atoms with E-state index in [2.05, 4.69) is 30.9 Å². The number of nitrogens with zero attached hydrogens (tertiary/aromatic N) is 3. The van der Waals surface area contributed by atoms with Crippen LogP contribution in [0.3, 0.4) is 0 Å². The minimum Gasteiger partial charge on any atom is -0.351 e. The van der Waals surface area contributed by atoms with Crippen molar-refractivity contribution >= 4 is 34.6 Å². The first kappa shape index (κ1) is 21.0. The van der Waals surface area contributed by atoms with Crippen LogP contribution in [0.2, 0.25) is 5.15 Å². The van der Waals surface area contributed by atoms with Gasteiger partial charge in [-0.2, -0.15) is 0 Å². The standard InChI is InChI=1S/C23H28ClN7O/c24-20-12-19(18-13-26-21-17(18)6-3-11-25-21)30-22(31-20)27-15-7-9-16(10-8-15)29-23(32)28-14-4-1-2-5-14/h3,6,11-16H,1-2,4-5,7-10H2,(H,25,26)(H,27,30,31)(H2,28,29,32)/t15-,16-. The van der Waals surface area contributed by atoms with Gasteiger partial charge in [0.15, 0.2) is 0 Å². The SMILES string of the molecule is O=C(NC1CCCC1)N[C@H]1CC[C@H](Nc2nc(Cl)cc(-c3c[nH]c4ncccc34)n2)CC1. The van der Waals surface area contributed by atoms with Gasteiger partial charge in [0.2, 0.25) is 5.95 Å². The second-order valence-corrected chi connectivity index (χ2v) is 9.18. The molecular weight excluding hydrogens is 426 g/mol. The minimum atomic E-state index is -0.0238. The van der Waals surface area contributed by atoms with Gasteiger partial charge in [0.25, 0.3) is 0 Å². The number of H-pyrrole nitrogens is 1. The van der Waals surface area contributed by atoms with Gasteiger partial charge in [-0.15, -0.1) is 0 Å². The van der Waals surface area contributed by atoms with E-state index >= 15 is 0 Å². The molecule has 0 aliphatic heterocycles. The Bertz CT molecular complexity index is 1090. The number of rotatable bonds is 5. The Balaban J connectivity index is 1.19. The maximum Gasteiger partial charge on any atom is 0.315 e. The highest BCUT2D eigenvalue weighted by atomic mass is 35.5. The van der Waals surface area contributed by atoms with Crippen molar-refractivity contribution < 1.29 is 4.79 Å². The van der Waals surface area contributed by atoms with Gasteiger partial charge in [-0.25, -0.2) is 19.7 Å².